The minimum absolute atomic E-state index is 0.212. The Kier molecular flexibility index (Phi) is 6.47. The number of hydrogen-bond acceptors (Lipinski definition) is 5. The number of carboxylic acid groups (broad SMARTS) is 1. The van der Waals surface area contributed by atoms with E-state index in [2.05, 4.69) is 13.8 Å². The van der Waals surface area contributed by atoms with E-state index in [0.29, 0.717) is 35.5 Å². The summed E-state index contributed by atoms with van der Waals surface area (Å²) in [5.41, 5.74) is 1.73. The summed E-state index contributed by atoms with van der Waals surface area (Å²) in [6.45, 7) is 5.38. The summed E-state index contributed by atoms with van der Waals surface area (Å²) in [6, 6.07) is 4.57. The number of aliphatic carboxylic acids is 1. The van der Waals surface area contributed by atoms with Crippen molar-refractivity contribution in [1.82, 2.24) is 9.88 Å². The van der Waals surface area contributed by atoms with Crippen molar-refractivity contribution in [2.75, 3.05) is 24.5 Å². The Bertz CT molecular complexity index is 887. The van der Waals surface area contributed by atoms with Gasteiger partial charge < -0.3 is 14.9 Å². The third-order valence-electron chi connectivity index (χ3n) is 4.59. The molecule has 0 spiro atoms. The Labute approximate surface area is 177 Å². The van der Waals surface area contributed by atoms with E-state index in [9.17, 15) is 14.7 Å². The first kappa shape index (κ1) is 20.9. The number of rotatable bonds is 6. The van der Waals surface area contributed by atoms with Gasteiger partial charge in [0.1, 0.15) is 6.04 Å². The van der Waals surface area contributed by atoms with Crippen LogP contribution in [0.2, 0.25) is 10.0 Å². The normalized spacial score (nSPS) is 17.2. The van der Waals surface area contributed by atoms with Gasteiger partial charge >= 0.3 is 5.97 Å². The summed E-state index contributed by atoms with van der Waals surface area (Å²) >= 11 is 13.8. The zero-order chi connectivity index (χ0) is 20.4. The molecule has 1 aromatic heterocycles. The Morgan fingerprint density at radius 3 is 2.71 bits per heavy atom. The van der Waals surface area contributed by atoms with Crippen molar-refractivity contribution in [3.8, 4) is 11.3 Å². The van der Waals surface area contributed by atoms with Crippen LogP contribution in [0.4, 0.5) is 5.13 Å². The second-order valence-electron chi connectivity index (χ2n) is 7.14. The number of benzene rings is 1. The summed E-state index contributed by atoms with van der Waals surface area (Å²) in [6.07, 6.45) is 1.45. The van der Waals surface area contributed by atoms with Crippen LogP contribution in [0.3, 0.4) is 0 Å². The minimum Gasteiger partial charge on any atom is -0.480 e. The van der Waals surface area contributed by atoms with Gasteiger partial charge in [-0.05, 0) is 24.5 Å². The molecule has 1 unspecified atom stereocenters. The molecular weight excluding hydrogens is 421 g/mol. The molecule has 0 radical (unpaired) electrons. The summed E-state index contributed by atoms with van der Waals surface area (Å²) in [4.78, 5) is 31.9. The Hall–Kier alpha value is -1.83. The number of amides is 1. The summed E-state index contributed by atoms with van der Waals surface area (Å²) in [5, 5.41) is 11.2. The number of hydrogen-bond donors (Lipinski definition) is 1. The molecule has 1 aliphatic heterocycles. The van der Waals surface area contributed by atoms with Gasteiger partial charge in [-0.1, -0.05) is 43.1 Å². The lowest BCUT2D eigenvalue weighted by Crippen LogP contribution is -2.56. The van der Waals surface area contributed by atoms with Crippen LogP contribution >= 0.6 is 34.5 Å². The summed E-state index contributed by atoms with van der Waals surface area (Å²) < 4.78 is 0. The van der Waals surface area contributed by atoms with Gasteiger partial charge in [0.2, 0.25) is 6.41 Å². The van der Waals surface area contributed by atoms with Gasteiger partial charge in [-0.2, -0.15) is 0 Å². The minimum atomic E-state index is -1.01. The zero-order valence-electron chi connectivity index (χ0n) is 15.6. The second-order valence-corrected chi connectivity index (χ2v) is 9.01. The van der Waals surface area contributed by atoms with Crippen LogP contribution in [-0.2, 0) is 16.0 Å². The van der Waals surface area contributed by atoms with E-state index < -0.39 is 12.0 Å². The molecule has 9 heteroatoms. The lowest BCUT2D eigenvalue weighted by molar-refractivity contribution is -0.146. The number of nitrogens with zero attached hydrogens (tertiary/aromatic N) is 3. The number of carbonyl (C=O) groups is 2. The zero-order valence-corrected chi connectivity index (χ0v) is 17.9. The number of aromatic nitrogens is 1. The van der Waals surface area contributed by atoms with Gasteiger partial charge in [0.15, 0.2) is 5.13 Å². The fourth-order valence-electron chi connectivity index (χ4n) is 3.17. The molecule has 1 aromatic carbocycles. The van der Waals surface area contributed by atoms with Crippen molar-refractivity contribution in [2.24, 2.45) is 5.92 Å². The van der Waals surface area contributed by atoms with Crippen LogP contribution in [0.1, 0.15) is 18.7 Å². The van der Waals surface area contributed by atoms with Gasteiger partial charge in [-0.3, -0.25) is 4.79 Å². The van der Waals surface area contributed by atoms with Gasteiger partial charge in [0, 0.05) is 23.5 Å². The fourth-order valence-corrected chi connectivity index (χ4v) is 4.80. The molecule has 28 heavy (non-hydrogen) atoms. The number of thiazole rings is 1. The number of anilines is 1. The molecule has 0 aliphatic carbocycles. The molecule has 3 rings (SSSR count). The predicted octanol–water partition coefficient (Wildman–Crippen LogP) is 4.05. The first-order valence-electron chi connectivity index (χ1n) is 8.94. The maximum atomic E-state index is 11.5. The molecule has 2 aromatic rings. The molecule has 1 aliphatic rings. The first-order chi connectivity index (χ1) is 13.3. The van der Waals surface area contributed by atoms with Crippen LogP contribution in [-0.4, -0.2) is 53.0 Å². The molecule has 6 nitrogen and oxygen atoms in total. The Morgan fingerprint density at radius 2 is 2.11 bits per heavy atom. The molecule has 1 amide bonds. The third kappa shape index (κ3) is 4.42. The Balaban J connectivity index is 1.96. The maximum Gasteiger partial charge on any atom is 0.328 e. The standard InChI is InChI=1S/C19H21Cl2N3O3S/c1-11(2)7-16-17(12-3-4-13(20)14(21)8-12)22-19(28-16)23-5-6-24(10-25)15(9-23)18(26)27/h3-4,8,10-11,15H,5-7,9H2,1-2H3,(H,26,27). The van der Waals surface area contributed by atoms with Crippen LogP contribution in [0.5, 0.6) is 0 Å². The molecular formula is C19H21Cl2N3O3S. The van der Waals surface area contributed by atoms with Gasteiger partial charge in [-0.25, -0.2) is 9.78 Å². The Morgan fingerprint density at radius 1 is 1.36 bits per heavy atom. The molecule has 1 N–H and O–H groups in total. The van der Waals surface area contributed by atoms with E-state index in [0.717, 1.165) is 27.7 Å². The largest absolute Gasteiger partial charge is 0.480 e. The summed E-state index contributed by atoms with van der Waals surface area (Å²) in [5.74, 6) is -0.575. The molecule has 1 saturated heterocycles. The first-order valence-corrected chi connectivity index (χ1v) is 10.5. The molecule has 2 heterocycles. The fraction of sp³-hybridized carbons (Fsp3) is 0.421. The number of carboxylic acids is 1. The highest BCUT2D eigenvalue weighted by molar-refractivity contribution is 7.16. The van der Waals surface area contributed by atoms with Gasteiger partial charge in [-0.15, -0.1) is 11.3 Å². The van der Waals surface area contributed by atoms with E-state index in [1.807, 2.05) is 11.0 Å². The predicted molar refractivity (Wildman–Crippen MR) is 113 cm³/mol. The van der Waals surface area contributed by atoms with Crippen molar-refractivity contribution in [3.63, 3.8) is 0 Å². The lowest BCUT2D eigenvalue weighted by Gasteiger charge is -2.37. The number of carbonyl (C=O) groups excluding carboxylic acids is 1. The molecule has 1 atom stereocenters. The van der Waals surface area contributed by atoms with Crippen LogP contribution in [0.15, 0.2) is 18.2 Å². The topological polar surface area (TPSA) is 73.7 Å². The molecule has 150 valence electrons. The van der Waals surface area contributed by atoms with Crippen molar-refractivity contribution in [3.05, 3.63) is 33.1 Å². The van der Waals surface area contributed by atoms with E-state index >= 15 is 0 Å². The van der Waals surface area contributed by atoms with Crippen molar-refractivity contribution in [1.29, 1.82) is 0 Å². The number of halogens is 2. The number of piperazine rings is 1. The van der Waals surface area contributed by atoms with E-state index in [1.54, 1.807) is 23.5 Å². The lowest BCUT2D eigenvalue weighted by atomic mass is 10.0. The van der Waals surface area contributed by atoms with Crippen LogP contribution in [0.25, 0.3) is 11.3 Å². The highest BCUT2D eigenvalue weighted by Gasteiger charge is 2.33. The average Bonchev–Trinajstić information content (AvgIpc) is 3.06. The van der Waals surface area contributed by atoms with Crippen molar-refractivity contribution < 1.29 is 14.7 Å². The third-order valence-corrected chi connectivity index (χ3v) is 6.46. The monoisotopic (exact) mass is 441 g/mol. The van der Waals surface area contributed by atoms with E-state index in [-0.39, 0.29) is 6.54 Å². The van der Waals surface area contributed by atoms with Crippen molar-refractivity contribution >= 4 is 52.0 Å². The summed E-state index contributed by atoms with van der Waals surface area (Å²) in [7, 11) is 0. The molecule has 0 saturated carbocycles. The van der Waals surface area contributed by atoms with Crippen LogP contribution < -0.4 is 4.90 Å². The highest BCUT2D eigenvalue weighted by Crippen LogP contribution is 2.37. The van der Waals surface area contributed by atoms with Crippen molar-refractivity contribution in [2.45, 2.75) is 26.3 Å². The highest BCUT2D eigenvalue weighted by atomic mass is 35.5. The van der Waals surface area contributed by atoms with Gasteiger partial charge in [0.05, 0.1) is 22.3 Å². The van der Waals surface area contributed by atoms with E-state index in [4.69, 9.17) is 28.2 Å². The molecule has 0 bridgehead atoms. The maximum absolute atomic E-state index is 11.5. The molecule has 1 fully saturated rings. The van der Waals surface area contributed by atoms with E-state index in [1.165, 1.54) is 4.90 Å². The SMILES string of the molecule is CC(C)Cc1sc(N2CCN(C=O)C(C(=O)O)C2)nc1-c1ccc(Cl)c(Cl)c1. The second kappa shape index (κ2) is 8.68. The van der Waals surface area contributed by atoms with Crippen LogP contribution in [0, 0.1) is 5.92 Å². The average molecular weight is 442 g/mol. The quantitative estimate of drug-likeness (QED) is 0.684. The smallest absolute Gasteiger partial charge is 0.328 e. The van der Waals surface area contributed by atoms with Gasteiger partial charge in [0.25, 0.3) is 0 Å².